The van der Waals surface area contributed by atoms with Gasteiger partial charge in [0.15, 0.2) is 0 Å². The van der Waals surface area contributed by atoms with Crippen LogP contribution in [-0.2, 0) is 0 Å². The summed E-state index contributed by atoms with van der Waals surface area (Å²) >= 11 is 0. The van der Waals surface area contributed by atoms with E-state index < -0.39 is 5.60 Å². The van der Waals surface area contributed by atoms with Crippen LogP contribution >= 0.6 is 0 Å². The quantitative estimate of drug-likeness (QED) is 0.690. The number of aliphatic hydroxyl groups is 1. The van der Waals surface area contributed by atoms with Gasteiger partial charge in [0.25, 0.3) is 5.91 Å². The maximum atomic E-state index is 12.0. The van der Waals surface area contributed by atoms with Crippen molar-refractivity contribution in [3.63, 3.8) is 0 Å². The summed E-state index contributed by atoms with van der Waals surface area (Å²) in [4.78, 5) is 13.7. The second-order valence-corrected chi connectivity index (χ2v) is 4.60. The van der Waals surface area contributed by atoms with Gasteiger partial charge in [0.05, 0.1) is 5.60 Å². The molecule has 4 nitrogen and oxygen atoms in total. The Morgan fingerprint density at radius 3 is 2.88 bits per heavy atom. The molecular formula is C12H16N2O2. The lowest BCUT2D eigenvalue weighted by molar-refractivity contribution is 0.0572. The average molecular weight is 220 g/mol. The first-order chi connectivity index (χ1) is 7.48. The molecule has 1 amide bonds. The van der Waals surface area contributed by atoms with E-state index in [4.69, 9.17) is 5.73 Å². The molecule has 1 aliphatic rings. The fraction of sp³-hybridized carbons (Fsp3) is 0.417. The average Bonchev–Trinajstić information content (AvgIpc) is 2.58. The predicted octanol–water partition coefficient (Wildman–Crippen LogP) is 0.866. The summed E-state index contributed by atoms with van der Waals surface area (Å²) in [7, 11) is 0. The van der Waals surface area contributed by atoms with Gasteiger partial charge in [-0.3, -0.25) is 4.79 Å². The Bertz CT molecular complexity index is 415. The summed E-state index contributed by atoms with van der Waals surface area (Å²) in [6, 6.07) is 6.91. The number of hydrogen-bond donors (Lipinski definition) is 2. The highest BCUT2D eigenvalue weighted by molar-refractivity contribution is 5.95. The Kier molecular flexibility index (Phi) is 2.59. The van der Waals surface area contributed by atoms with Crippen LogP contribution < -0.4 is 5.73 Å². The highest BCUT2D eigenvalue weighted by atomic mass is 16.3. The minimum atomic E-state index is -0.754. The number of hydrogen-bond acceptors (Lipinski definition) is 3. The fourth-order valence-corrected chi connectivity index (χ4v) is 1.97. The number of amides is 1. The predicted molar refractivity (Wildman–Crippen MR) is 62.0 cm³/mol. The van der Waals surface area contributed by atoms with Crippen LogP contribution in [-0.4, -0.2) is 34.6 Å². The number of carbonyl (C=O) groups excluding carboxylic acids is 1. The van der Waals surface area contributed by atoms with Gasteiger partial charge >= 0.3 is 0 Å². The molecule has 1 aliphatic heterocycles. The molecule has 1 saturated heterocycles. The summed E-state index contributed by atoms with van der Waals surface area (Å²) in [5.41, 5.74) is 6.04. The first kappa shape index (κ1) is 11.0. The summed E-state index contributed by atoms with van der Waals surface area (Å²) in [6.45, 7) is 2.74. The standard InChI is InChI=1S/C12H16N2O2/c1-12(16)5-6-14(8-12)11(15)9-3-2-4-10(13)7-9/h2-4,7,16H,5-6,8,13H2,1H3. The van der Waals surface area contributed by atoms with Crippen molar-refractivity contribution in [1.82, 2.24) is 4.90 Å². The van der Waals surface area contributed by atoms with Gasteiger partial charge in [0.1, 0.15) is 0 Å². The van der Waals surface area contributed by atoms with Crippen molar-refractivity contribution in [2.24, 2.45) is 0 Å². The van der Waals surface area contributed by atoms with Crippen molar-refractivity contribution >= 4 is 11.6 Å². The molecule has 0 bridgehead atoms. The Morgan fingerprint density at radius 2 is 2.31 bits per heavy atom. The zero-order chi connectivity index (χ0) is 11.8. The molecule has 1 aromatic carbocycles. The van der Waals surface area contributed by atoms with E-state index in [1.165, 1.54) is 0 Å². The SMILES string of the molecule is CC1(O)CCN(C(=O)c2cccc(N)c2)C1. The van der Waals surface area contributed by atoms with Crippen LogP contribution in [0, 0.1) is 0 Å². The van der Waals surface area contributed by atoms with Crippen LogP contribution in [0.3, 0.4) is 0 Å². The molecule has 0 aliphatic carbocycles. The second kappa shape index (κ2) is 3.79. The maximum absolute atomic E-state index is 12.0. The summed E-state index contributed by atoms with van der Waals surface area (Å²) in [5, 5.41) is 9.80. The van der Waals surface area contributed by atoms with E-state index in [0.29, 0.717) is 30.8 Å². The monoisotopic (exact) mass is 220 g/mol. The topological polar surface area (TPSA) is 66.6 Å². The molecule has 2 rings (SSSR count). The number of nitrogens with zero attached hydrogens (tertiary/aromatic N) is 1. The Labute approximate surface area is 94.7 Å². The molecule has 3 N–H and O–H groups in total. The third kappa shape index (κ3) is 2.17. The molecule has 0 radical (unpaired) electrons. The first-order valence-electron chi connectivity index (χ1n) is 5.35. The number of nitrogen functional groups attached to an aromatic ring is 1. The van der Waals surface area contributed by atoms with Crippen LogP contribution in [0.1, 0.15) is 23.7 Å². The third-order valence-corrected chi connectivity index (χ3v) is 2.87. The maximum Gasteiger partial charge on any atom is 0.254 e. The molecular weight excluding hydrogens is 204 g/mol. The molecule has 16 heavy (non-hydrogen) atoms. The lowest BCUT2D eigenvalue weighted by atomic mass is 10.1. The number of anilines is 1. The number of β-amino-alcohol motifs (C(OH)–C–C–N with tert-alkyl or cyclic N) is 1. The van der Waals surface area contributed by atoms with Crippen LogP contribution in [0.15, 0.2) is 24.3 Å². The van der Waals surface area contributed by atoms with Gasteiger partial charge in [-0.05, 0) is 31.5 Å². The van der Waals surface area contributed by atoms with Crippen LogP contribution in [0.2, 0.25) is 0 Å². The minimum absolute atomic E-state index is 0.0647. The molecule has 1 unspecified atom stereocenters. The van der Waals surface area contributed by atoms with Crippen molar-refractivity contribution in [3.8, 4) is 0 Å². The van der Waals surface area contributed by atoms with Gasteiger partial charge in [-0.15, -0.1) is 0 Å². The largest absolute Gasteiger partial charge is 0.399 e. The van der Waals surface area contributed by atoms with E-state index in [-0.39, 0.29) is 5.91 Å². The van der Waals surface area contributed by atoms with E-state index in [1.807, 2.05) is 0 Å². The van der Waals surface area contributed by atoms with Crippen molar-refractivity contribution < 1.29 is 9.90 Å². The zero-order valence-corrected chi connectivity index (χ0v) is 9.31. The van der Waals surface area contributed by atoms with Crippen molar-refractivity contribution in [2.45, 2.75) is 18.9 Å². The van der Waals surface area contributed by atoms with Crippen molar-refractivity contribution in [3.05, 3.63) is 29.8 Å². The molecule has 4 heteroatoms. The van der Waals surface area contributed by atoms with Crippen LogP contribution in [0.5, 0.6) is 0 Å². The molecule has 0 saturated carbocycles. The molecule has 1 atom stereocenters. The van der Waals surface area contributed by atoms with Crippen molar-refractivity contribution in [2.75, 3.05) is 18.8 Å². The minimum Gasteiger partial charge on any atom is -0.399 e. The number of likely N-dealkylation sites (tertiary alicyclic amines) is 1. The Hall–Kier alpha value is -1.55. The van der Waals surface area contributed by atoms with Gasteiger partial charge in [-0.2, -0.15) is 0 Å². The van der Waals surface area contributed by atoms with Gasteiger partial charge in [0, 0.05) is 24.3 Å². The number of nitrogens with two attached hydrogens (primary N) is 1. The van der Waals surface area contributed by atoms with E-state index in [2.05, 4.69) is 0 Å². The van der Waals surface area contributed by atoms with E-state index >= 15 is 0 Å². The molecule has 1 fully saturated rings. The molecule has 0 spiro atoms. The third-order valence-electron chi connectivity index (χ3n) is 2.87. The molecule has 86 valence electrons. The molecule has 1 heterocycles. The summed E-state index contributed by atoms with van der Waals surface area (Å²) < 4.78 is 0. The van der Waals surface area contributed by atoms with Gasteiger partial charge in [0.2, 0.25) is 0 Å². The van der Waals surface area contributed by atoms with Gasteiger partial charge < -0.3 is 15.7 Å². The highest BCUT2D eigenvalue weighted by Gasteiger charge is 2.34. The highest BCUT2D eigenvalue weighted by Crippen LogP contribution is 2.22. The number of rotatable bonds is 1. The Morgan fingerprint density at radius 1 is 1.56 bits per heavy atom. The second-order valence-electron chi connectivity index (χ2n) is 4.60. The first-order valence-corrected chi connectivity index (χ1v) is 5.35. The van der Waals surface area contributed by atoms with E-state index in [9.17, 15) is 9.90 Å². The van der Waals surface area contributed by atoms with Crippen LogP contribution in [0.4, 0.5) is 5.69 Å². The van der Waals surface area contributed by atoms with Crippen LogP contribution in [0.25, 0.3) is 0 Å². The zero-order valence-electron chi connectivity index (χ0n) is 9.31. The Balaban J connectivity index is 2.15. The van der Waals surface area contributed by atoms with Gasteiger partial charge in [-0.25, -0.2) is 0 Å². The summed E-state index contributed by atoms with van der Waals surface area (Å²) in [6.07, 6.45) is 0.626. The smallest absolute Gasteiger partial charge is 0.254 e. The fourth-order valence-electron chi connectivity index (χ4n) is 1.97. The molecule has 0 aromatic heterocycles. The van der Waals surface area contributed by atoms with Crippen molar-refractivity contribution in [1.29, 1.82) is 0 Å². The normalized spacial score (nSPS) is 24.8. The number of carbonyl (C=O) groups is 1. The lowest BCUT2D eigenvalue weighted by Crippen LogP contribution is -2.33. The summed E-state index contributed by atoms with van der Waals surface area (Å²) in [5.74, 6) is -0.0647. The molecule has 1 aromatic rings. The van der Waals surface area contributed by atoms with Gasteiger partial charge in [-0.1, -0.05) is 6.07 Å². The lowest BCUT2D eigenvalue weighted by Gasteiger charge is -2.19. The van der Waals surface area contributed by atoms with E-state index in [1.54, 1.807) is 36.1 Å². The number of benzene rings is 1. The van der Waals surface area contributed by atoms with E-state index in [0.717, 1.165) is 0 Å².